The van der Waals surface area contributed by atoms with Gasteiger partial charge in [0, 0.05) is 6.42 Å². The largest absolute Gasteiger partial charge is 0.465 e. The molecule has 0 radical (unpaired) electrons. The average molecular weight is 582 g/mol. The first-order chi connectivity index (χ1) is 18.4. The zero-order chi connectivity index (χ0) is 29.4. The van der Waals surface area contributed by atoms with Gasteiger partial charge in [-0.15, -0.1) is 0 Å². The molecule has 0 saturated heterocycles. The van der Waals surface area contributed by atoms with E-state index in [4.69, 9.17) is 0 Å². The molecule has 0 amide bonds. The van der Waals surface area contributed by atoms with E-state index in [-0.39, 0.29) is 24.3 Å². The molecule has 0 atom stereocenters. The van der Waals surface area contributed by atoms with Crippen molar-refractivity contribution in [3.05, 3.63) is 22.5 Å². The highest BCUT2D eigenvalue weighted by Crippen LogP contribution is 2.42. The van der Waals surface area contributed by atoms with Gasteiger partial charge in [0.2, 0.25) is 0 Å². The van der Waals surface area contributed by atoms with Gasteiger partial charge in [0.05, 0.1) is 17.6 Å². The smallest absolute Gasteiger partial charge is 0.434 e. The predicted octanol–water partition coefficient (Wildman–Crippen LogP) is 10.1. The summed E-state index contributed by atoms with van der Waals surface area (Å²) in [6, 6.07) is 0. The van der Waals surface area contributed by atoms with Crippen LogP contribution in [-0.2, 0) is 22.1 Å². The fourth-order valence-electron chi connectivity index (χ4n) is 4.48. The Labute approximate surface area is 234 Å². The SMILES string of the molecule is CCCCCCCCCCCCCCCC(=O)Sc1c(C(F)(F)F)nc(C(F)F)c(C(=O)OC)c1CC(C)C. The van der Waals surface area contributed by atoms with Crippen LogP contribution in [0.25, 0.3) is 0 Å². The van der Waals surface area contributed by atoms with Crippen LogP contribution in [0.1, 0.15) is 144 Å². The summed E-state index contributed by atoms with van der Waals surface area (Å²) in [6.45, 7) is 5.57. The maximum atomic E-state index is 13.9. The second-order valence-corrected chi connectivity index (χ2v) is 11.5. The number of methoxy groups -OCH3 is 1. The second kappa shape index (κ2) is 18.6. The maximum absolute atomic E-state index is 13.9. The van der Waals surface area contributed by atoms with Crippen molar-refractivity contribution in [1.82, 2.24) is 4.98 Å². The molecule has 0 aliphatic rings. The van der Waals surface area contributed by atoms with E-state index in [9.17, 15) is 31.5 Å². The van der Waals surface area contributed by atoms with Gasteiger partial charge < -0.3 is 4.74 Å². The van der Waals surface area contributed by atoms with Crippen molar-refractivity contribution in [3.63, 3.8) is 0 Å². The lowest BCUT2D eigenvalue weighted by Crippen LogP contribution is -2.21. The number of esters is 1. The van der Waals surface area contributed by atoms with Gasteiger partial charge in [-0.1, -0.05) is 97.8 Å². The minimum Gasteiger partial charge on any atom is -0.465 e. The van der Waals surface area contributed by atoms with Crippen molar-refractivity contribution in [2.24, 2.45) is 5.92 Å². The van der Waals surface area contributed by atoms with Crippen LogP contribution in [-0.4, -0.2) is 23.2 Å². The molecule has 0 unspecified atom stereocenters. The standard InChI is InChI=1S/C29H44F5NO3S/c1-5-6-7-8-9-10-11-12-13-14-15-16-17-18-22(36)39-25-21(19-20(2)3)23(28(37)38-4)24(27(30)31)35-26(25)29(32,33)34/h20,27H,5-19H2,1-4H3. The van der Waals surface area contributed by atoms with E-state index in [2.05, 4.69) is 16.6 Å². The fraction of sp³-hybridized carbons (Fsp3) is 0.759. The second-order valence-electron chi connectivity index (χ2n) is 10.4. The number of aromatic nitrogens is 1. The average Bonchev–Trinajstić information content (AvgIpc) is 2.85. The minimum absolute atomic E-state index is 0.0466. The molecular weight excluding hydrogens is 537 g/mol. The summed E-state index contributed by atoms with van der Waals surface area (Å²) < 4.78 is 73.7. The van der Waals surface area contributed by atoms with Gasteiger partial charge in [0.15, 0.2) is 10.8 Å². The first kappa shape index (κ1) is 35.3. The van der Waals surface area contributed by atoms with Gasteiger partial charge in [0.1, 0.15) is 5.69 Å². The van der Waals surface area contributed by atoms with E-state index in [1.807, 2.05) is 0 Å². The Morgan fingerprint density at radius 1 is 0.872 bits per heavy atom. The third kappa shape index (κ3) is 13.0. The quantitative estimate of drug-likeness (QED) is 0.0704. The Bertz CT molecular complexity index is 891. The molecule has 4 nitrogen and oxygen atoms in total. The Balaban J connectivity index is 2.80. The van der Waals surface area contributed by atoms with Gasteiger partial charge in [-0.05, 0) is 36.1 Å². The van der Waals surface area contributed by atoms with E-state index in [1.54, 1.807) is 13.8 Å². The van der Waals surface area contributed by atoms with E-state index in [1.165, 1.54) is 51.4 Å². The summed E-state index contributed by atoms with van der Waals surface area (Å²) in [6.07, 6.45) is 5.99. The van der Waals surface area contributed by atoms with Gasteiger partial charge in [-0.25, -0.2) is 18.6 Å². The number of carbonyl (C=O) groups excluding carboxylic acids is 2. The van der Waals surface area contributed by atoms with Crippen LogP contribution < -0.4 is 0 Å². The molecule has 224 valence electrons. The number of hydrogen-bond donors (Lipinski definition) is 0. The summed E-state index contributed by atoms with van der Waals surface area (Å²) in [7, 11) is 0.959. The zero-order valence-electron chi connectivity index (χ0n) is 23.7. The molecular formula is C29H44F5NO3S. The Kier molecular flexibility index (Phi) is 16.8. The summed E-state index contributed by atoms with van der Waals surface area (Å²) in [5.74, 6) is -1.48. The number of hydrogen-bond acceptors (Lipinski definition) is 5. The number of halogens is 5. The molecule has 0 spiro atoms. The zero-order valence-corrected chi connectivity index (χ0v) is 24.5. The number of pyridine rings is 1. The summed E-state index contributed by atoms with van der Waals surface area (Å²) in [4.78, 5) is 27.7. The highest BCUT2D eigenvalue weighted by molar-refractivity contribution is 8.13. The van der Waals surface area contributed by atoms with Crippen LogP contribution in [0.4, 0.5) is 22.0 Å². The third-order valence-corrected chi connectivity index (χ3v) is 7.53. The number of alkyl halides is 5. The molecule has 0 aromatic carbocycles. The molecule has 0 bridgehead atoms. The summed E-state index contributed by atoms with van der Waals surface area (Å²) >= 11 is 0.338. The van der Waals surface area contributed by atoms with Gasteiger partial charge in [-0.3, -0.25) is 4.79 Å². The molecule has 39 heavy (non-hydrogen) atoms. The van der Waals surface area contributed by atoms with Gasteiger partial charge in [0.25, 0.3) is 6.43 Å². The lowest BCUT2D eigenvalue weighted by Gasteiger charge is -2.21. The molecule has 0 N–H and O–H groups in total. The number of nitrogens with zero attached hydrogens (tertiary/aromatic N) is 1. The van der Waals surface area contributed by atoms with Crippen molar-refractivity contribution in [2.45, 2.75) is 135 Å². The van der Waals surface area contributed by atoms with Crippen LogP contribution in [0.15, 0.2) is 4.90 Å². The van der Waals surface area contributed by atoms with Crippen LogP contribution in [0.3, 0.4) is 0 Å². The number of rotatable bonds is 19. The molecule has 1 aromatic heterocycles. The Morgan fingerprint density at radius 2 is 1.36 bits per heavy atom. The molecule has 1 aromatic rings. The van der Waals surface area contributed by atoms with Gasteiger partial charge in [-0.2, -0.15) is 13.2 Å². The maximum Gasteiger partial charge on any atom is 0.434 e. The molecule has 10 heteroatoms. The predicted molar refractivity (Wildman–Crippen MR) is 145 cm³/mol. The van der Waals surface area contributed by atoms with Crippen molar-refractivity contribution in [1.29, 1.82) is 0 Å². The molecule has 0 aliphatic carbocycles. The van der Waals surface area contributed by atoms with Crippen LogP contribution >= 0.6 is 11.8 Å². The van der Waals surface area contributed by atoms with E-state index >= 15 is 0 Å². The van der Waals surface area contributed by atoms with Crippen molar-refractivity contribution in [3.8, 4) is 0 Å². The van der Waals surface area contributed by atoms with E-state index < -0.39 is 45.5 Å². The van der Waals surface area contributed by atoms with E-state index in [0.717, 1.165) is 32.8 Å². The molecule has 0 saturated carbocycles. The van der Waals surface area contributed by atoms with Crippen LogP contribution in [0, 0.1) is 5.92 Å². The lowest BCUT2D eigenvalue weighted by molar-refractivity contribution is -0.143. The molecule has 1 heterocycles. The molecule has 0 fully saturated rings. The highest BCUT2D eigenvalue weighted by atomic mass is 32.2. The topological polar surface area (TPSA) is 56.3 Å². The third-order valence-electron chi connectivity index (χ3n) is 6.46. The van der Waals surface area contributed by atoms with Crippen molar-refractivity contribution >= 4 is 22.8 Å². The normalized spacial score (nSPS) is 12.0. The fourth-order valence-corrected chi connectivity index (χ4v) is 5.52. The van der Waals surface area contributed by atoms with Gasteiger partial charge >= 0.3 is 12.1 Å². The highest BCUT2D eigenvalue weighted by Gasteiger charge is 2.41. The lowest BCUT2D eigenvalue weighted by atomic mass is 9.96. The minimum atomic E-state index is -5.08. The van der Waals surface area contributed by atoms with Crippen molar-refractivity contribution < 1.29 is 36.3 Å². The Hall–Kier alpha value is -1.71. The van der Waals surface area contributed by atoms with E-state index in [0.29, 0.717) is 18.2 Å². The van der Waals surface area contributed by atoms with Crippen molar-refractivity contribution in [2.75, 3.05) is 7.11 Å². The first-order valence-corrected chi connectivity index (χ1v) is 15.0. The van der Waals surface area contributed by atoms with Crippen LogP contribution in [0.5, 0.6) is 0 Å². The monoisotopic (exact) mass is 581 g/mol. The summed E-state index contributed by atoms with van der Waals surface area (Å²) in [5, 5.41) is -0.518. The number of ether oxygens (including phenoxy) is 1. The number of carbonyl (C=O) groups is 2. The molecule has 0 aliphatic heterocycles. The Morgan fingerprint density at radius 3 is 1.77 bits per heavy atom. The number of unbranched alkanes of at least 4 members (excludes halogenated alkanes) is 12. The first-order valence-electron chi connectivity index (χ1n) is 14.1. The summed E-state index contributed by atoms with van der Waals surface area (Å²) in [5.41, 5.74) is -3.80. The number of thioether (sulfide) groups is 1. The molecule has 1 rings (SSSR count). The van der Waals surface area contributed by atoms with Crippen LogP contribution in [0.2, 0.25) is 0 Å².